The van der Waals surface area contributed by atoms with E-state index < -0.39 is 17.4 Å². The van der Waals surface area contributed by atoms with Crippen molar-refractivity contribution in [3.05, 3.63) is 34.7 Å². The number of esters is 2. The van der Waals surface area contributed by atoms with Gasteiger partial charge < -0.3 is 9.47 Å². The minimum absolute atomic E-state index is 0.248. The van der Waals surface area contributed by atoms with Crippen molar-refractivity contribution in [1.29, 1.82) is 0 Å². The van der Waals surface area contributed by atoms with Gasteiger partial charge in [-0.2, -0.15) is 0 Å². The summed E-state index contributed by atoms with van der Waals surface area (Å²) in [6, 6.07) is 6.24. The second kappa shape index (κ2) is 5.96. The summed E-state index contributed by atoms with van der Waals surface area (Å²) in [7, 11) is 0. The number of fused-ring (bicyclic) bond motifs is 2. The van der Waals surface area contributed by atoms with Crippen LogP contribution in [0.5, 0.6) is 0 Å². The number of benzene rings is 1. The summed E-state index contributed by atoms with van der Waals surface area (Å²) in [5, 5.41) is 3.19. The van der Waals surface area contributed by atoms with Crippen molar-refractivity contribution in [2.75, 3.05) is 13.2 Å². The van der Waals surface area contributed by atoms with Gasteiger partial charge in [0.25, 0.3) is 0 Å². The zero-order valence-electron chi connectivity index (χ0n) is 13.5. The maximum atomic E-state index is 12.7. The maximum Gasteiger partial charge on any atom is 0.324 e. The summed E-state index contributed by atoms with van der Waals surface area (Å²) < 4.78 is 11.6. The molecule has 0 fully saturated rings. The van der Waals surface area contributed by atoms with E-state index in [0.717, 1.165) is 16.5 Å². The van der Waals surface area contributed by atoms with Gasteiger partial charge in [-0.25, -0.2) is 0 Å². The summed E-state index contributed by atoms with van der Waals surface area (Å²) in [6.07, 6.45) is 0.342. The first-order valence-corrected chi connectivity index (χ1v) is 8.77. The molecule has 0 spiro atoms. The van der Waals surface area contributed by atoms with Crippen molar-refractivity contribution in [3.63, 3.8) is 0 Å². The van der Waals surface area contributed by atoms with Gasteiger partial charge in [-0.1, -0.05) is 6.92 Å². The number of hydrogen-bond donors (Lipinski definition) is 0. The van der Waals surface area contributed by atoms with Crippen LogP contribution in [0, 0.1) is 5.41 Å². The van der Waals surface area contributed by atoms with Crippen LogP contribution >= 0.6 is 11.3 Å². The third-order valence-electron chi connectivity index (χ3n) is 4.67. The van der Waals surface area contributed by atoms with Crippen LogP contribution in [0.4, 0.5) is 0 Å². The van der Waals surface area contributed by atoms with E-state index in [0.29, 0.717) is 6.42 Å². The molecule has 1 heterocycles. The Morgan fingerprint density at radius 1 is 1.22 bits per heavy atom. The lowest BCUT2D eigenvalue weighted by Gasteiger charge is -2.28. The van der Waals surface area contributed by atoms with E-state index in [1.54, 1.807) is 25.2 Å². The molecule has 0 radical (unpaired) electrons. The van der Waals surface area contributed by atoms with Crippen LogP contribution in [0.1, 0.15) is 37.8 Å². The molecule has 1 unspecified atom stereocenters. The van der Waals surface area contributed by atoms with Gasteiger partial charge in [0.1, 0.15) is 0 Å². The second-order valence-electron chi connectivity index (χ2n) is 5.82. The van der Waals surface area contributed by atoms with Gasteiger partial charge in [-0.15, -0.1) is 11.3 Å². The predicted octanol–water partition coefficient (Wildman–Crippen LogP) is 3.67. The van der Waals surface area contributed by atoms with Crippen molar-refractivity contribution in [1.82, 2.24) is 0 Å². The van der Waals surface area contributed by atoms with E-state index in [2.05, 4.69) is 23.6 Å². The minimum Gasteiger partial charge on any atom is -0.465 e. The molecule has 5 heteroatoms. The van der Waals surface area contributed by atoms with E-state index >= 15 is 0 Å². The fourth-order valence-corrected chi connectivity index (χ4v) is 4.28. The normalized spacial score (nSPS) is 18.7. The van der Waals surface area contributed by atoms with Gasteiger partial charge >= 0.3 is 11.9 Å². The molecule has 3 rings (SSSR count). The van der Waals surface area contributed by atoms with Crippen LogP contribution in [0.25, 0.3) is 10.1 Å². The highest BCUT2D eigenvalue weighted by Crippen LogP contribution is 2.50. The quantitative estimate of drug-likeness (QED) is 0.633. The molecule has 1 aromatic heterocycles. The largest absolute Gasteiger partial charge is 0.465 e. The molecule has 0 N–H and O–H groups in total. The summed E-state index contributed by atoms with van der Waals surface area (Å²) in [6.45, 7) is 5.91. The van der Waals surface area contributed by atoms with Gasteiger partial charge in [0.2, 0.25) is 0 Å². The smallest absolute Gasteiger partial charge is 0.324 e. The number of ether oxygens (including phenoxy) is 2. The van der Waals surface area contributed by atoms with Crippen LogP contribution in [-0.4, -0.2) is 25.2 Å². The minimum atomic E-state index is -1.27. The van der Waals surface area contributed by atoms with Gasteiger partial charge in [0.15, 0.2) is 5.41 Å². The van der Waals surface area contributed by atoms with Gasteiger partial charge in [-0.3, -0.25) is 9.59 Å². The number of rotatable bonds is 4. The summed E-state index contributed by atoms with van der Waals surface area (Å²) >= 11 is 1.66. The van der Waals surface area contributed by atoms with Crippen molar-refractivity contribution in [2.24, 2.45) is 5.41 Å². The lowest BCUT2D eigenvalue weighted by atomic mass is 9.77. The predicted molar refractivity (Wildman–Crippen MR) is 89.6 cm³/mol. The van der Waals surface area contributed by atoms with E-state index in [1.807, 2.05) is 6.92 Å². The van der Waals surface area contributed by atoms with Crippen LogP contribution in [0.2, 0.25) is 0 Å². The molecule has 2 aromatic rings. The Kier molecular flexibility index (Phi) is 4.15. The molecule has 0 aliphatic heterocycles. The van der Waals surface area contributed by atoms with Crippen LogP contribution in [-0.2, 0) is 25.5 Å². The van der Waals surface area contributed by atoms with Gasteiger partial charge in [-0.05, 0) is 53.9 Å². The van der Waals surface area contributed by atoms with Gasteiger partial charge in [0, 0.05) is 17.0 Å². The standard InChI is InChI=1S/C18H20O4S/c1-4-21-16(19)18(17(20)22-5-2)10-13-9-15-12(6-7-23-15)8-14(13)11(18)3/h6-9,11H,4-5,10H2,1-3H3. The number of hydrogen-bond acceptors (Lipinski definition) is 5. The third-order valence-corrected chi connectivity index (χ3v) is 5.55. The molecule has 122 valence electrons. The van der Waals surface area contributed by atoms with Crippen molar-refractivity contribution in [2.45, 2.75) is 33.1 Å². The number of carbonyl (C=O) groups is 2. The molecule has 1 atom stereocenters. The van der Waals surface area contributed by atoms with E-state index in [9.17, 15) is 9.59 Å². The zero-order valence-corrected chi connectivity index (χ0v) is 14.4. The van der Waals surface area contributed by atoms with E-state index in [-0.39, 0.29) is 19.1 Å². The monoisotopic (exact) mass is 332 g/mol. The average Bonchev–Trinajstić information content (AvgIpc) is 3.09. The topological polar surface area (TPSA) is 52.6 Å². The van der Waals surface area contributed by atoms with E-state index in [1.165, 1.54) is 4.70 Å². The molecule has 0 amide bonds. The highest BCUT2D eigenvalue weighted by molar-refractivity contribution is 7.17. The maximum absolute atomic E-state index is 12.7. The highest BCUT2D eigenvalue weighted by Gasteiger charge is 2.57. The summed E-state index contributed by atoms with van der Waals surface area (Å²) in [5.41, 5.74) is 0.809. The fraction of sp³-hybridized carbons (Fsp3) is 0.444. The molecule has 0 bridgehead atoms. The Hall–Kier alpha value is -1.88. The lowest BCUT2D eigenvalue weighted by molar-refractivity contribution is -0.173. The van der Waals surface area contributed by atoms with Crippen molar-refractivity contribution in [3.8, 4) is 0 Å². The first-order valence-electron chi connectivity index (χ1n) is 7.89. The Morgan fingerprint density at radius 3 is 2.48 bits per heavy atom. The van der Waals surface area contributed by atoms with Gasteiger partial charge in [0.05, 0.1) is 13.2 Å². The first kappa shape index (κ1) is 16.0. The highest BCUT2D eigenvalue weighted by atomic mass is 32.1. The molecule has 0 saturated heterocycles. The molecule has 1 aliphatic rings. The zero-order chi connectivity index (χ0) is 16.6. The average molecular weight is 332 g/mol. The molecule has 4 nitrogen and oxygen atoms in total. The fourth-order valence-electron chi connectivity index (χ4n) is 3.45. The van der Waals surface area contributed by atoms with Crippen LogP contribution in [0.15, 0.2) is 23.6 Å². The second-order valence-corrected chi connectivity index (χ2v) is 6.77. The SMILES string of the molecule is CCOC(=O)C1(C(=O)OCC)Cc2cc3sccc3cc2C1C. The molecular weight excluding hydrogens is 312 g/mol. The molecular formula is C18H20O4S. The molecule has 0 saturated carbocycles. The Labute approximate surface area is 139 Å². The van der Waals surface area contributed by atoms with Crippen LogP contribution < -0.4 is 0 Å². The Balaban J connectivity index is 2.10. The molecule has 1 aromatic carbocycles. The van der Waals surface area contributed by atoms with E-state index in [4.69, 9.17) is 9.47 Å². The molecule has 23 heavy (non-hydrogen) atoms. The molecule has 1 aliphatic carbocycles. The third kappa shape index (κ3) is 2.34. The Bertz CT molecular complexity index is 743. The summed E-state index contributed by atoms with van der Waals surface area (Å²) in [4.78, 5) is 25.3. The van der Waals surface area contributed by atoms with Crippen molar-refractivity contribution < 1.29 is 19.1 Å². The van der Waals surface area contributed by atoms with Crippen LogP contribution in [0.3, 0.4) is 0 Å². The number of thiophene rings is 1. The van der Waals surface area contributed by atoms with Crippen molar-refractivity contribution >= 4 is 33.4 Å². The first-order chi connectivity index (χ1) is 11.0. The number of carbonyl (C=O) groups excluding carboxylic acids is 2. The summed E-state index contributed by atoms with van der Waals surface area (Å²) in [5.74, 6) is -1.23. The lowest BCUT2D eigenvalue weighted by Crippen LogP contribution is -2.44. The Morgan fingerprint density at radius 2 is 1.87 bits per heavy atom.